The summed E-state index contributed by atoms with van der Waals surface area (Å²) in [7, 11) is 0. The molecule has 0 saturated heterocycles. The predicted molar refractivity (Wildman–Crippen MR) is 52.6 cm³/mol. The standard InChI is InChI=1S/C12H12O2/c13-8-5-6-10-9-3-1-2-4-11(9)14-12(10)7-8/h5-7,11H,1-4H2. The van der Waals surface area contributed by atoms with Crippen LogP contribution < -0.4 is 0 Å². The Kier molecular flexibility index (Phi) is 1.63. The minimum Gasteiger partial charge on any atom is -0.485 e. The van der Waals surface area contributed by atoms with Gasteiger partial charge in [-0.1, -0.05) is 0 Å². The molecule has 0 radical (unpaired) electrons. The number of hydrogen-bond donors (Lipinski definition) is 0. The molecule has 0 N–H and O–H groups in total. The van der Waals surface area contributed by atoms with Gasteiger partial charge in [-0.25, -0.2) is 0 Å². The SMILES string of the molecule is O=C1C=CC2=C3CCCCC3OC2=C1. The van der Waals surface area contributed by atoms with Crippen LogP contribution in [0.25, 0.3) is 0 Å². The van der Waals surface area contributed by atoms with Gasteiger partial charge in [-0.3, -0.25) is 4.79 Å². The molecule has 0 aromatic heterocycles. The van der Waals surface area contributed by atoms with Crippen molar-refractivity contribution in [3.8, 4) is 0 Å². The van der Waals surface area contributed by atoms with E-state index in [1.165, 1.54) is 24.0 Å². The molecule has 0 bridgehead atoms. The van der Waals surface area contributed by atoms with Crippen LogP contribution in [0.2, 0.25) is 0 Å². The van der Waals surface area contributed by atoms with E-state index in [1.54, 1.807) is 12.2 Å². The van der Waals surface area contributed by atoms with Gasteiger partial charge >= 0.3 is 0 Å². The minimum absolute atomic E-state index is 0.0444. The molecule has 14 heavy (non-hydrogen) atoms. The number of carbonyl (C=O) groups is 1. The fourth-order valence-electron chi connectivity index (χ4n) is 2.44. The summed E-state index contributed by atoms with van der Waals surface area (Å²) in [5.74, 6) is 0.849. The molecule has 2 nitrogen and oxygen atoms in total. The highest BCUT2D eigenvalue weighted by atomic mass is 16.5. The Morgan fingerprint density at radius 3 is 3.14 bits per heavy atom. The van der Waals surface area contributed by atoms with Crippen LogP contribution in [0.4, 0.5) is 0 Å². The normalized spacial score (nSPS) is 29.6. The maximum absolute atomic E-state index is 11.1. The third-order valence-corrected chi connectivity index (χ3v) is 3.12. The Balaban J connectivity index is 2.05. The molecule has 1 saturated carbocycles. The van der Waals surface area contributed by atoms with Crippen molar-refractivity contribution in [3.63, 3.8) is 0 Å². The van der Waals surface area contributed by atoms with Gasteiger partial charge in [0.2, 0.25) is 0 Å². The van der Waals surface area contributed by atoms with Crippen LogP contribution in [-0.2, 0) is 9.53 Å². The van der Waals surface area contributed by atoms with E-state index in [1.807, 2.05) is 6.08 Å². The Labute approximate surface area is 82.9 Å². The summed E-state index contributed by atoms with van der Waals surface area (Å²) in [4.78, 5) is 11.1. The fraction of sp³-hybridized carbons (Fsp3) is 0.417. The molecular formula is C12H12O2. The second kappa shape index (κ2) is 2.84. The second-order valence-electron chi connectivity index (χ2n) is 4.04. The highest BCUT2D eigenvalue weighted by molar-refractivity contribution is 6.02. The third-order valence-electron chi connectivity index (χ3n) is 3.12. The Hall–Kier alpha value is -1.31. The first-order valence-electron chi connectivity index (χ1n) is 5.18. The number of fused-ring (bicyclic) bond motifs is 2. The van der Waals surface area contributed by atoms with Crippen LogP contribution in [0.3, 0.4) is 0 Å². The number of hydrogen-bond acceptors (Lipinski definition) is 2. The van der Waals surface area contributed by atoms with E-state index in [9.17, 15) is 4.79 Å². The molecule has 72 valence electrons. The monoisotopic (exact) mass is 188 g/mol. The largest absolute Gasteiger partial charge is 0.485 e. The van der Waals surface area contributed by atoms with Crippen molar-refractivity contribution in [1.29, 1.82) is 0 Å². The highest BCUT2D eigenvalue weighted by Crippen LogP contribution is 2.40. The topological polar surface area (TPSA) is 26.3 Å². The van der Waals surface area contributed by atoms with Crippen LogP contribution in [0, 0.1) is 0 Å². The fourth-order valence-corrected chi connectivity index (χ4v) is 2.44. The number of ketones is 1. The molecule has 2 heteroatoms. The van der Waals surface area contributed by atoms with Crippen molar-refractivity contribution >= 4 is 5.78 Å². The van der Waals surface area contributed by atoms with Crippen LogP contribution >= 0.6 is 0 Å². The van der Waals surface area contributed by atoms with Crippen LogP contribution in [-0.4, -0.2) is 11.9 Å². The first-order valence-corrected chi connectivity index (χ1v) is 5.18. The molecule has 3 aliphatic rings. The third kappa shape index (κ3) is 1.07. The molecule has 2 aliphatic carbocycles. The van der Waals surface area contributed by atoms with Gasteiger partial charge in [0.15, 0.2) is 5.78 Å². The summed E-state index contributed by atoms with van der Waals surface area (Å²) in [5.41, 5.74) is 2.58. The van der Waals surface area contributed by atoms with Gasteiger partial charge in [0.05, 0.1) is 0 Å². The van der Waals surface area contributed by atoms with Crippen LogP contribution in [0.1, 0.15) is 25.7 Å². The van der Waals surface area contributed by atoms with Gasteiger partial charge in [0.1, 0.15) is 11.9 Å². The number of ether oxygens (including phenoxy) is 1. The molecule has 0 aromatic rings. The summed E-state index contributed by atoms with van der Waals surface area (Å²) in [6.45, 7) is 0. The quantitative estimate of drug-likeness (QED) is 0.583. The summed E-state index contributed by atoms with van der Waals surface area (Å²) in [5, 5.41) is 0. The average molecular weight is 188 g/mol. The van der Waals surface area contributed by atoms with Gasteiger partial charge < -0.3 is 4.74 Å². The van der Waals surface area contributed by atoms with Crippen LogP contribution in [0.15, 0.2) is 35.1 Å². The molecule has 1 heterocycles. The Morgan fingerprint density at radius 1 is 1.29 bits per heavy atom. The van der Waals surface area contributed by atoms with E-state index in [4.69, 9.17) is 4.74 Å². The van der Waals surface area contributed by atoms with Crippen molar-refractivity contribution < 1.29 is 9.53 Å². The lowest BCUT2D eigenvalue weighted by Gasteiger charge is -2.19. The summed E-state index contributed by atoms with van der Waals surface area (Å²) >= 11 is 0. The van der Waals surface area contributed by atoms with E-state index in [-0.39, 0.29) is 11.9 Å². The number of rotatable bonds is 0. The van der Waals surface area contributed by atoms with E-state index in [0.717, 1.165) is 18.6 Å². The zero-order valence-electron chi connectivity index (χ0n) is 7.95. The lowest BCUT2D eigenvalue weighted by Crippen LogP contribution is -2.13. The van der Waals surface area contributed by atoms with Gasteiger partial charge in [-0.05, 0) is 43.4 Å². The summed E-state index contributed by atoms with van der Waals surface area (Å²) < 4.78 is 5.75. The van der Waals surface area contributed by atoms with E-state index in [2.05, 4.69) is 0 Å². The smallest absolute Gasteiger partial charge is 0.182 e. The highest BCUT2D eigenvalue weighted by Gasteiger charge is 2.32. The van der Waals surface area contributed by atoms with Gasteiger partial charge in [0, 0.05) is 11.6 Å². The number of allylic oxidation sites excluding steroid dienone is 3. The Morgan fingerprint density at radius 2 is 2.21 bits per heavy atom. The van der Waals surface area contributed by atoms with Crippen molar-refractivity contribution in [2.24, 2.45) is 0 Å². The average Bonchev–Trinajstić information content (AvgIpc) is 2.54. The van der Waals surface area contributed by atoms with Gasteiger partial charge in [0.25, 0.3) is 0 Å². The molecule has 1 atom stereocenters. The molecular weight excluding hydrogens is 176 g/mol. The lowest BCUT2D eigenvalue weighted by molar-refractivity contribution is -0.110. The van der Waals surface area contributed by atoms with Crippen molar-refractivity contribution in [3.05, 3.63) is 35.1 Å². The molecule has 0 spiro atoms. The molecule has 0 aromatic carbocycles. The molecule has 3 rings (SSSR count). The van der Waals surface area contributed by atoms with Gasteiger partial charge in [-0.15, -0.1) is 0 Å². The van der Waals surface area contributed by atoms with Gasteiger partial charge in [-0.2, -0.15) is 0 Å². The maximum atomic E-state index is 11.1. The van der Waals surface area contributed by atoms with Crippen molar-refractivity contribution in [2.75, 3.05) is 0 Å². The summed E-state index contributed by atoms with van der Waals surface area (Å²) in [6.07, 6.45) is 10.2. The maximum Gasteiger partial charge on any atom is 0.182 e. The zero-order chi connectivity index (χ0) is 9.54. The predicted octanol–water partition coefficient (Wildman–Crippen LogP) is 2.28. The van der Waals surface area contributed by atoms with E-state index >= 15 is 0 Å². The van der Waals surface area contributed by atoms with E-state index in [0.29, 0.717) is 0 Å². The zero-order valence-corrected chi connectivity index (χ0v) is 7.95. The lowest BCUT2D eigenvalue weighted by atomic mass is 9.89. The van der Waals surface area contributed by atoms with Crippen molar-refractivity contribution in [2.45, 2.75) is 31.8 Å². The molecule has 1 aliphatic heterocycles. The minimum atomic E-state index is 0.0444. The van der Waals surface area contributed by atoms with Crippen molar-refractivity contribution in [1.82, 2.24) is 0 Å². The Bertz CT molecular complexity index is 385. The molecule has 1 unspecified atom stereocenters. The molecule has 0 amide bonds. The second-order valence-corrected chi connectivity index (χ2v) is 4.04. The first kappa shape index (κ1) is 8.04. The van der Waals surface area contributed by atoms with E-state index < -0.39 is 0 Å². The summed E-state index contributed by atoms with van der Waals surface area (Å²) in [6, 6.07) is 0. The molecule has 1 fully saturated rings. The van der Waals surface area contributed by atoms with Crippen LogP contribution in [0.5, 0.6) is 0 Å². The first-order chi connectivity index (χ1) is 6.84. The number of carbonyl (C=O) groups excluding carboxylic acids is 1.